The minimum absolute atomic E-state index is 0.157. The van der Waals surface area contributed by atoms with Gasteiger partial charge in [-0.25, -0.2) is 0 Å². The van der Waals surface area contributed by atoms with Crippen molar-refractivity contribution in [3.63, 3.8) is 0 Å². The van der Waals surface area contributed by atoms with Gasteiger partial charge in [-0.1, -0.05) is 36.4 Å². The molecule has 0 saturated heterocycles. The van der Waals surface area contributed by atoms with Crippen molar-refractivity contribution in [1.29, 1.82) is 0 Å². The van der Waals surface area contributed by atoms with Crippen LogP contribution in [0.1, 0.15) is 19.4 Å². The fourth-order valence-corrected chi connectivity index (χ4v) is 5.46. The maximum absolute atomic E-state index is 13.1. The molecule has 2 unspecified atom stereocenters. The first-order valence-electron chi connectivity index (χ1n) is 6.56. The van der Waals surface area contributed by atoms with Crippen molar-refractivity contribution in [2.24, 2.45) is 5.41 Å². The molecule has 4 nitrogen and oxygen atoms in total. The smallest absolute Gasteiger partial charge is 0.315 e. The van der Waals surface area contributed by atoms with Gasteiger partial charge in [-0.2, -0.15) is 0 Å². The van der Waals surface area contributed by atoms with Crippen molar-refractivity contribution in [3.05, 3.63) is 42.0 Å². The average Bonchev–Trinajstić information content (AvgIpc) is 2.72. The Morgan fingerprint density at radius 1 is 1.35 bits per heavy atom. The Balaban J connectivity index is 2.50. The molecule has 0 N–H and O–H groups in total. The molecule has 1 aliphatic heterocycles. The first-order valence-corrected chi connectivity index (χ1v) is 8.37. The van der Waals surface area contributed by atoms with Crippen LogP contribution in [0.15, 0.2) is 36.4 Å². The zero-order valence-corrected chi connectivity index (χ0v) is 12.9. The molecule has 0 aromatic heterocycles. The second-order valence-electron chi connectivity index (χ2n) is 5.05. The lowest BCUT2D eigenvalue weighted by Gasteiger charge is -2.20. The fourth-order valence-electron chi connectivity index (χ4n) is 2.53. The van der Waals surface area contributed by atoms with Crippen molar-refractivity contribution in [1.82, 2.24) is 0 Å². The molecule has 2 atom stereocenters. The van der Waals surface area contributed by atoms with Crippen molar-refractivity contribution in [2.45, 2.75) is 13.8 Å². The van der Waals surface area contributed by atoms with Crippen LogP contribution in [0.2, 0.25) is 0 Å². The summed E-state index contributed by atoms with van der Waals surface area (Å²) >= 11 is 0. The van der Waals surface area contributed by atoms with Crippen LogP contribution >= 0.6 is 7.37 Å². The Morgan fingerprint density at radius 3 is 2.55 bits per heavy atom. The molecule has 0 bridgehead atoms. The van der Waals surface area contributed by atoms with Crippen molar-refractivity contribution in [3.8, 4) is 0 Å². The van der Waals surface area contributed by atoms with E-state index >= 15 is 0 Å². The van der Waals surface area contributed by atoms with E-state index in [1.54, 1.807) is 19.9 Å². The summed E-state index contributed by atoms with van der Waals surface area (Å²) in [5.74, 6) is -0.386. The predicted octanol–water partition coefficient (Wildman–Crippen LogP) is 3.54. The molecule has 0 amide bonds. The van der Waals surface area contributed by atoms with Gasteiger partial charge in [-0.3, -0.25) is 9.36 Å². The van der Waals surface area contributed by atoms with Crippen LogP contribution in [0, 0.1) is 5.41 Å². The third kappa shape index (κ3) is 2.58. The number of methoxy groups -OCH3 is 1. The highest BCUT2D eigenvalue weighted by molar-refractivity contribution is 7.70. The minimum Gasteiger partial charge on any atom is -0.468 e. The number of ether oxygens (including phenoxy) is 1. The van der Waals surface area contributed by atoms with E-state index < -0.39 is 12.8 Å². The Kier molecular flexibility index (Phi) is 4.17. The highest BCUT2D eigenvalue weighted by Crippen LogP contribution is 2.67. The van der Waals surface area contributed by atoms with Crippen LogP contribution in [-0.2, 0) is 18.6 Å². The first kappa shape index (κ1) is 15.0. The molecule has 1 aliphatic rings. The molecular weight excluding hydrogens is 275 g/mol. The van der Waals surface area contributed by atoms with Crippen LogP contribution in [0.3, 0.4) is 0 Å². The summed E-state index contributed by atoms with van der Waals surface area (Å²) in [5, 5.41) is 0.618. The zero-order chi connectivity index (χ0) is 14.8. The number of rotatable bonds is 4. The monoisotopic (exact) mass is 294 g/mol. The summed E-state index contributed by atoms with van der Waals surface area (Å²) in [7, 11) is -1.69. The van der Waals surface area contributed by atoms with E-state index in [1.807, 2.05) is 30.3 Å². The summed E-state index contributed by atoms with van der Waals surface area (Å²) in [5.41, 5.74) is -0.0677. The van der Waals surface area contributed by atoms with Gasteiger partial charge in [0.15, 0.2) is 0 Å². The maximum atomic E-state index is 13.1. The van der Waals surface area contributed by atoms with Crippen LogP contribution in [0.5, 0.6) is 0 Å². The lowest BCUT2D eigenvalue weighted by Crippen LogP contribution is -2.28. The van der Waals surface area contributed by atoms with Crippen molar-refractivity contribution < 1.29 is 18.6 Å². The van der Waals surface area contributed by atoms with E-state index in [2.05, 4.69) is 0 Å². The Morgan fingerprint density at radius 2 is 2.00 bits per heavy atom. The second-order valence-corrected chi connectivity index (χ2v) is 7.46. The van der Waals surface area contributed by atoms with E-state index in [-0.39, 0.29) is 12.1 Å². The van der Waals surface area contributed by atoms with Gasteiger partial charge in [-0.15, -0.1) is 0 Å². The summed E-state index contributed by atoms with van der Waals surface area (Å²) < 4.78 is 23.4. The van der Waals surface area contributed by atoms with Gasteiger partial charge in [0.25, 0.3) is 0 Å². The predicted molar refractivity (Wildman–Crippen MR) is 78.6 cm³/mol. The van der Waals surface area contributed by atoms with E-state index in [1.165, 1.54) is 7.11 Å². The van der Waals surface area contributed by atoms with E-state index in [0.29, 0.717) is 11.9 Å². The molecule has 20 heavy (non-hydrogen) atoms. The molecule has 2 rings (SSSR count). The Labute approximate surface area is 119 Å². The molecule has 0 radical (unpaired) electrons. The first-order chi connectivity index (χ1) is 9.45. The molecule has 0 aliphatic carbocycles. The van der Waals surface area contributed by atoms with Gasteiger partial charge in [0.2, 0.25) is 7.37 Å². The minimum atomic E-state index is -3.03. The normalized spacial score (nSPS) is 29.1. The molecule has 108 valence electrons. The summed E-state index contributed by atoms with van der Waals surface area (Å²) in [6, 6.07) is 9.39. The van der Waals surface area contributed by atoms with E-state index in [0.717, 1.165) is 5.56 Å². The van der Waals surface area contributed by atoms with Crippen LogP contribution in [0.4, 0.5) is 0 Å². The van der Waals surface area contributed by atoms with Gasteiger partial charge < -0.3 is 9.26 Å². The van der Waals surface area contributed by atoms with E-state index in [4.69, 9.17) is 9.26 Å². The largest absolute Gasteiger partial charge is 0.468 e. The molecule has 1 aromatic rings. The number of carbonyl (C=O) groups is 1. The topological polar surface area (TPSA) is 52.6 Å². The number of hydrogen-bond donors (Lipinski definition) is 0. The molecule has 1 heterocycles. The lowest BCUT2D eigenvalue weighted by atomic mass is 9.92. The van der Waals surface area contributed by atoms with Gasteiger partial charge >= 0.3 is 5.97 Å². The van der Waals surface area contributed by atoms with Crippen LogP contribution < -0.4 is 0 Å². The highest BCUT2D eigenvalue weighted by atomic mass is 31.2. The Bertz CT molecular complexity index is 579. The number of esters is 1. The SMILES string of the molecule is CCOP1(=O)CC(C)(C(=O)OC)C=C1c1ccccc1. The van der Waals surface area contributed by atoms with Crippen LogP contribution in [-0.4, -0.2) is 25.8 Å². The quantitative estimate of drug-likeness (QED) is 0.629. The van der Waals surface area contributed by atoms with Gasteiger partial charge in [-0.05, 0) is 19.4 Å². The van der Waals surface area contributed by atoms with Crippen molar-refractivity contribution >= 4 is 18.7 Å². The summed E-state index contributed by atoms with van der Waals surface area (Å²) in [6.45, 7) is 3.88. The molecular formula is C15H19O4P. The van der Waals surface area contributed by atoms with Gasteiger partial charge in [0.1, 0.15) is 0 Å². The molecule has 0 saturated carbocycles. The van der Waals surface area contributed by atoms with Crippen molar-refractivity contribution in [2.75, 3.05) is 19.9 Å². The average molecular weight is 294 g/mol. The van der Waals surface area contributed by atoms with Gasteiger partial charge in [0, 0.05) is 11.5 Å². The molecule has 1 aromatic carbocycles. The number of carbonyl (C=O) groups excluding carboxylic acids is 1. The fraction of sp³-hybridized carbons (Fsp3) is 0.400. The van der Waals surface area contributed by atoms with Crippen LogP contribution in [0.25, 0.3) is 5.31 Å². The summed E-state index contributed by atoms with van der Waals surface area (Å²) in [4.78, 5) is 12.0. The number of hydrogen-bond acceptors (Lipinski definition) is 4. The zero-order valence-electron chi connectivity index (χ0n) is 12.0. The third-order valence-corrected chi connectivity index (χ3v) is 6.29. The lowest BCUT2D eigenvalue weighted by molar-refractivity contribution is -0.147. The number of benzene rings is 1. The Hall–Kier alpha value is -1.38. The molecule has 5 heteroatoms. The summed E-state index contributed by atoms with van der Waals surface area (Å²) in [6.07, 6.45) is 1.90. The molecule has 0 fully saturated rings. The highest BCUT2D eigenvalue weighted by Gasteiger charge is 2.49. The second kappa shape index (κ2) is 5.55. The van der Waals surface area contributed by atoms with E-state index in [9.17, 15) is 9.36 Å². The van der Waals surface area contributed by atoms with Gasteiger partial charge in [0.05, 0.1) is 19.1 Å². The molecule has 0 spiro atoms. The third-order valence-electron chi connectivity index (χ3n) is 3.42. The standard InChI is InChI=1S/C15H19O4P/c1-4-19-20(17)11-15(2,14(16)18-3)10-13(20)12-8-6-5-7-9-12/h5-10H,4,11H2,1-3H3. The maximum Gasteiger partial charge on any atom is 0.315 e.